The van der Waals surface area contributed by atoms with Gasteiger partial charge in [-0.3, -0.25) is 0 Å². The van der Waals surface area contributed by atoms with Crippen molar-refractivity contribution in [2.75, 3.05) is 4.90 Å². The van der Waals surface area contributed by atoms with Gasteiger partial charge in [-0.1, -0.05) is 167 Å². The maximum Gasteiger partial charge on any atom is 0.249 e. The number of anilines is 3. The van der Waals surface area contributed by atoms with Crippen molar-refractivity contribution in [3.8, 4) is 16.8 Å². The summed E-state index contributed by atoms with van der Waals surface area (Å²) >= 11 is 1.93. The van der Waals surface area contributed by atoms with Gasteiger partial charge in [0.15, 0.2) is 5.58 Å². The minimum atomic E-state index is -0.0772. The van der Waals surface area contributed by atoms with Gasteiger partial charge in [0.25, 0.3) is 0 Å². The maximum atomic E-state index is 7.07. The molecule has 61 heavy (non-hydrogen) atoms. The normalized spacial score (nSPS) is 13.3. The fourth-order valence-corrected chi connectivity index (χ4v) is 11.4. The fraction of sp³-hybridized carbons (Fsp3) is 0.143. The molecule has 0 saturated carbocycles. The summed E-state index contributed by atoms with van der Waals surface area (Å²) in [5.74, 6) is 0. The summed E-state index contributed by atoms with van der Waals surface area (Å²) in [4.78, 5) is 5.28. The summed E-state index contributed by atoms with van der Waals surface area (Å²) in [6, 6.07) is 61.2. The number of aryl methyl sites for hydroxylation is 1. The number of unbranched alkanes of at least 4 members (excludes halogenated alkanes) is 1. The number of para-hydroxylation sites is 3. The van der Waals surface area contributed by atoms with E-state index in [2.05, 4.69) is 201 Å². The molecule has 0 amide bonds. The van der Waals surface area contributed by atoms with Crippen molar-refractivity contribution in [2.24, 2.45) is 0 Å². The Bertz CT molecular complexity index is 3340. The van der Waals surface area contributed by atoms with Gasteiger partial charge < -0.3 is 13.9 Å². The Morgan fingerprint density at radius 3 is 2.07 bits per heavy atom. The molecular formula is C56H45BN2OS. The highest BCUT2D eigenvalue weighted by Gasteiger charge is 2.43. The topological polar surface area (TPSA) is 21.3 Å². The van der Waals surface area contributed by atoms with Crippen molar-refractivity contribution in [1.82, 2.24) is 4.57 Å². The van der Waals surface area contributed by atoms with Gasteiger partial charge in [-0.25, -0.2) is 0 Å². The molecule has 3 nitrogen and oxygen atoms in total. The van der Waals surface area contributed by atoms with Crippen LogP contribution in [0.4, 0.5) is 17.1 Å². The highest BCUT2D eigenvalue weighted by molar-refractivity contribution is 8.00. The molecule has 12 rings (SSSR count). The molecule has 2 aromatic heterocycles. The van der Waals surface area contributed by atoms with Crippen LogP contribution in [-0.2, 0) is 11.8 Å². The second kappa shape index (κ2) is 13.8. The first-order valence-electron chi connectivity index (χ1n) is 21.8. The summed E-state index contributed by atoms with van der Waals surface area (Å²) in [5.41, 5.74) is 18.1. The molecule has 0 spiro atoms. The highest BCUT2D eigenvalue weighted by atomic mass is 32.2. The quantitative estimate of drug-likeness (QED) is 0.156. The molecule has 0 radical (unpaired) electrons. The number of nitrogens with zero attached hydrogens (tertiary/aromatic N) is 2. The van der Waals surface area contributed by atoms with E-state index in [-0.39, 0.29) is 12.1 Å². The van der Waals surface area contributed by atoms with Crippen LogP contribution in [0.3, 0.4) is 0 Å². The molecule has 10 aromatic rings. The molecule has 0 bridgehead atoms. The molecule has 2 aliphatic rings. The van der Waals surface area contributed by atoms with Gasteiger partial charge in [0.2, 0.25) is 6.71 Å². The van der Waals surface area contributed by atoms with Crippen molar-refractivity contribution in [3.05, 3.63) is 175 Å². The van der Waals surface area contributed by atoms with E-state index < -0.39 is 0 Å². The summed E-state index contributed by atoms with van der Waals surface area (Å²) in [6.07, 6.45) is 3.16. The lowest BCUT2D eigenvalue weighted by molar-refractivity contribution is 0.589. The van der Waals surface area contributed by atoms with Crippen molar-refractivity contribution in [1.29, 1.82) is 0 Å². The third-order valence-corrected chi connectivity index (χ3v) is 14.3. The molecule has 0 saturated heterocycles. The summed E-state index contributed by atoms with van der Waals surface area (Å²) in [5, 5.41) is 4.83. The van der Waals surface area contributed by atoms with Crippen LogP contribution in [0.5, 0.6) is 0 Å². The molecule has 294 valence electrons. The Kier molecular flexibility index (Phi) is 8.24. The van der Waals surface area contributed by atoms with E-state index in [1.807, 2.05) is 11.8 Å². The Hall–Kier alpha value is -6.43. The SMILES string of the molecule is CCCCc1ccc2c(oc3ccccc32)c1N1c2cc(-n3c4ccccc4c4ccccc43)ccc2B2c3cc(-c4ccccc4)ccc3Sc3cc(C(C)(C)C)cc1c32. The van der Waals surface area contributed by atoms with Gasteiger partial charge in [-0.2, -0.15) is 0 Å². The average Bonchev–Trinajstić information content (AvgIpc) is 3.84. The van der Waals surface area contributed by atoms with Crippen molar-refractivity contribution < 1.29 is 4.42 Å². The second-order valence-corrected chi connectivity index (χ2v) is 19.0. The first-order chi connectivity index (χ1) is 29.9. The van der Waals surface area contributed by atoms with Crippen molar-refractivity contribution in [2.45, 2.75) is 62.2 Å². The van der Waals surface area contributed by atoms with Gasteiger partial charge >= 0.3 is 0 Å². The monoisotopic (exact) mass is 804 g/mol. The number of fused-ring (bicyclic) bond motifs is 10. The van der Waals surface area contributed by atoms with E-state index in [4.69, 9.17) is 4.42 Å². The predicted molar refractivity (Wildman–Crippen MR) is 261 cm³/mol. The zero-order chi connectivity index (χ0) is 41.0. The smallest absolute Gasteiger partial charge is 0.249 e. The van der Waals surface area contributed by atoms with Gasteiger partial charge in [-0.05, 0) is 100.0 Å². The second-order valence-electron chi connectivity index (χ2n) is 17.9. The summed E-state index contributed by atoms with van der Waals surface area (Å²) in [7, 11) is 0. The van der Waals surface area contributed by atoms with Gasteiger partial charge in [0.05, 0.1) is 16.7 Å². The van der Waals surface area contributed by atoms with Crippen molar-refractivity contribution >= 4 is 95.7 Å². The molecule has 5 heteroatoms. The fourth-order valence-electron chi connectivity index (χ4n) is 10.2. The molecule has 0 N–H and O–H groups in total. The van der Waals surface area contributed by atoms with Gasteiger partial charge in [0, 0.05) is 48.4 Å². The molecule has 8 aromatic carbocycles. The number of rotatable bonds is 6. The van der Waals surface area contributed by atoms with Crippen LogP contribution < -0.4 is 21.3 Å². The van der Waals surface area contributed by atoms with E-state index in [9.17, 15) is 0 Å². The molecule has 2 aliphatic heterocycles. The number of hydrogen-bond acceptors (Lipinski definition) is 3. The van der Waals surface area contributed by atoms with Crippen LogP contribution in [0, 0.1) is 0 Å². The number of hydrogen-bond donors (Lipinski definition) is 0. The lowest BCUT2D eigenvalue weighted by Gasteiger charge is -2.42. The Morgan fingerprint density at radius 2 is 1.31 bits per heavy atom. The summed E-state index contributed by atoms with van der Waals surface area (Å²) < 4.78 is 9.53. The Balaban J connectivity index is 1.21. The van der Waals surface area contributed by atoms with E-state index in [0.717, 1.165) is 52.6 Å². The first kappa shape index (κ1) is 36.4. The largest absolute Gasteiger partial charge is 0.454 e. The Labute approximate surface area is 361 Å². The minimum absolute atomic E-state index is 0.0337. The number of furan rings is 1. The zero-order valence-corrected chi connectivity index (χ0v) is 35.8. The standard InChI is InChI=1S/C56H45BN2OS/c1-5-6-16-36-25-28-43-42-21-12-15-24-50(42)60-55(43)54(36)59-48-34-39(58-46-22-13-10-19-40(46)41-20-11-14-23-47(41)58)27-29-44(48)57-45-31-37(35-17-8-7-9-18-35)26-30-51(45)61-52-33-38(56(2,3)4)32-49(59)53(52)57/h7-15,17-34H,5-6,16H2,1-4H3. The highest BCUT2D eigenvalue weighted by Crippen LogP contribution is 2.49. The van der Waals surface area contributed by atoms with Crippen LogP contribution in [0.2, 0.25) is 0 Å². The molecule has 0 atom stereocenters. The Morgan fingerprint density at radius 1 is 0.590 bits per heavy atom. The number of benzene rings is 8. The lowest BCUT2D eigenvalue weighted by atomic mass is 9.34. The average molecular weight is 805 g/mol. The van der Waals surface area contributed by atoms with Crippen LogP contribution in [-0.4, -0.2) is 11.3 Å². The van der Waals surface area contributed by atoms with E-state index in [1.165, 1.54) is 81.6 Å². The summed E-state index contributed by atoms with van der Waals surface area (Å²) in [6.45, 7) is 9.37. The first-order valence-corrected chi connectivity index (χ1v) is 22.6. The number of aromatic nitrogens is 1. The van der Waals surface area contributed by atoms with E-state index in [0.29, 0.717) is 0 Å². The predicted octanol–water partition coefficient (Wildman–Crippen LogP) is 13.8. The van der Waals surface area contributed by atoms with E-state index in [1.54, 1.807) is 0 Å². The maximum absolute atomic E-state index is 7.07. The van der Waals surface area contributed by atoms with Crippen molar-refractivity contribution in [3.63, 3.8) is 0 Å². The molecule has 0 unspecified atom stereocenters. The zero-order valence-electron chi connectivity index (χ0n) is 35.0. The van der Waals surface area contributed by atoms with Crippen LogP contribution in [0.25, 0.3) is 60.6 Å². The minimum Gasteiger partial charge on any atom is -0.454 e. The molecular weight excluding hydrogens is 760 g/mol. The van der Waals surface area contributed by atoms with Crippen LogP contribution in [0.15, 0.2) is 178 Å². The van der Waals surface area contributed by atoms with Crippen LogP contribution >= 0.6 is 11.8 Å². The molecule has 0 fully saturated rings. The van der Waals surface area contributed by atoms with Gasteiger partial charge in [0.1, 0.15) is 5.58 Å². The van der Waals surface area contributed by atoms with E-state index >= 15 is 0 Å². The molecule has 4 heterocycles. The third kappa shape index (κ3) is 5.60. The lowest BCUT2D eigenvalue weighted by Crippen LogP contribution is -2.60. The third-order valence-electron chi connectivity index (χ3n) is 13.2. The molecule has 0 aliphatic carbocycles. The van der Waals surface area contributed by atoms with Crippen LogP contribution in [0.1, 0.15) is 51.7 Å². The van der Waals surface area contributed by atoms with Gasteiger partial charge in [-0.15, -0.1) is 0 Å².